The van der Waals surface area contributed by atoms with Crippen LogP contribution in [0.4, 0.5) is 4.79 Å². The predicted octanol–water partition coefficient (Wildman–Crippen LogP) is 2.02. The van der Waals surface area contributed by atoms with Gasteiger partial charge >= 0.3 is 6.09 Å². The molecular weight excluding hydrogens is 236 g/mol. The molecule has 0 aromatic heterocycles. The third-order valence-electron chi connectivity index (χ3n) is 2.44. The molecule has 0 aromatic rings. The lowest BCUT2D eigenvalue weighted by atomic mass is 10.2. The summed E-state index contributed by atoms with van der Waals surface area (Å²) in [5.74, 6) is 0. The van der Waals surface area contributed by atoms with Gasteiger partial charge in [0.1, 0.15) is 5.60 Å². The van der Waals surface area contributed by atoms with E-state index in [4.69, 9.17) is 15.0 Å². The van der Waals surface area contributed by atoms with Crippen LogP contribution in [0.5, 0.6) is 0 Å². The number of ether oxygens (including phenoxy) is 2. The zero-order valence-electron chi connectivity index (χ0n) is 11.2. The summed E-state index contributed by atoms with van der Waals surface area (Å²) in [5, 5.41) is 6.33. The Morgan fingerprint density at radius 1 is 1.56 bits per heavy atom. The van der Waals surface area contributed by atoms with Gasteiger partial charge in [-0.15, -0.1) is 0 Å². The molecule has 0 aromatic carbocycles. The molecule has 1 heterocycles. The quantitative estimate of drug-likeness (QED) is 0.571. The highest BCUT2D eigenvalue weighted by molar-refractivity contribution is 5.92. The number of carbonyl (C=O) groups is 1. The largest absolute Gasteiger partial charge is 0.444 e. The molecular formula is C11H19N4O3-. The Kier molecular flexibility index (Phi) is 4.77. The molecule has 18 heavy (non-hydrogen) atoms. The number of rotatable bonds is 3. The Morgan fingerprint density at radius 3 is 2.72 bits per heavy atom. The van der Waals surface area contributed by atoms with Crippen LogP contribution in [0, 0.1) is 0 Å². The van der Waals surface area contributed by atoms with E-state index in [1.165, 1.54) is 0 Å². The molecule has 0 spiro atoms. The summed E-state index contributed by atoms with van der Waals surface area (Å²) in [7, 11) is 1.57. The third-order valence-corrected chi connectivity index (χ3v) is 2.44. The first kappa shape index (κ1) is 14.6. The van der Waals surface area contributed by atoms with Gasteiger partial charge in [0.15, 0.2) is 0 Å². The summed E-state index contributed by atoms with van der Waals surface area (Å²) < 4.78 is 10.4. The van der Waals surface area contributed by atoms with Gasteiger partial charge in [0.05, 0.1) is 12.6 Å². The lowest BCUT2D eigenvalue weighted by molar-refractivity contribution is 0.0152. The molecule has 102 valence electrons. The van der Waals surface area contributed by atoms with Gasteiger partial charge in [0, 0.05) is 13.7 Å². The third kappa shape index (κ3) is 4.06. The Bertz CT molecular complexity index is 349. The summed E-state index contributed by atoms with van der Waals surface area (Å²) >= 11 is 0. The van der Waals surface area contributed by atoms with Crippen LogP contribution < -0.4 is 0 Å². The fourth-order valence-electron chi connectivity index (χ4n) is 1.78. The van der Waals surface area contributed by atoms with Crippen LogP contribution in [-0.2, 0) is 9.47 Å². The van der Waals surface area contributed by atoms with Crippen molar-refractivity contribution in [2.24, 2.45) is 10.3 Å². The minimum absolute atomic E-state index is 0.134. The minimum atomic E-state index is -0.546. The molecule has 1 aliphatic heterocycles. The van der Waals surface area contributed by atoms with Crippen molar-refractivity contribution in [2.75, 3.05) is 20.3 Å². The van der Waals surface area contributed by atoms with E-state index in [9.17, 15) is 4.79 Å². The van der Waals surface area contributed by atoms with Crippen molar-refractivity contribution >= 4 is 11.8 Å². The average molecular weight is 255 g/mol. The van der Waals surface area contributed by atoms with Crippen molar-refractivity contribution in [3.63, 3.8) is 0 Å². The second-order valence-corrected chi connectivity index (χ2v) is 5.18. The maximum atomic E-state index is 12.0. The summed E-state index contributed by atoms with van der Waals surface area (Å²) in [5.41, 5.74) is 8.51. The van der Waals surface area contributed by atoms with Gasteiger partial charge in [-0.25, -0.2) is 4.79 Å². The second kappa shape index (κ2) is 5.90. The first-order chi connectivity index (χ1) is 8.37. The summed E-state index contributed by atoms with van der Waals surface area (Å²) in [4.78, 5) is 13.5. The van der Waals surface area contributed by atoms with Gasteiger partial charge in [-0.3, -0.25) is 10.1 Å². The topological polar surface area (TPSA) is 85.8 Å². The monoisotopic (exact) mass is 255 g/mol. The van der Waals surface area contributed by atoms with E-state index in [1.54, 1.807) is 12.0 Å². The highest BCUT2D eigenvalue weighted by Crippen LogP contribution is 2.20. The van der Waals surface area contributed by atoms with Crippen molar-refractivity contribution in [3.8, 4) is 0 Å². The zero-order chi connectivity index (χ0) is 13.8. The summed E-state index contributed by atoms with van der Waals surface area (Å²) in [6, 6.07) is -0.134. The van der Waals surface area contributed by atoms with Gasteiger partial charge < -0.3 is 20.1 Å². The van der Waals surface area contributed by atoms with Crippen molar-refractivity contribution in [1.29, 1.82) is 0 Å². The lowest BCUT2D eigenvalue weighted by Gasteiger charge is -2.28. The van der Waals surface area contributed by atoms with E-state index in [0.717, 1.165) is 0 Å². The molecule has 0 radical (unpaired) electrons. The Balaban J connectivity index is 2.74. The predicted molar refractivity (Wildman–Crippen MR) is 66.4 cm³/mol. The number of nitrogens with zero attached hydrogens (tertiary/aromatic N) is 4. The molecule has 7 nitrogen and oxygen atoms in total. The number of methoxy groups -OCH3 is 1. The van der Waals surface area contributed by atoms with Gasteiger partial charge in [-0.2, -0.15) is 0 Å². The molecule has 0 bridgehead atoms. The maximum Gasteiger partial charge on any atom is 0.410 e. The van der Waals surface area contributed by atoms with Gasteiger partial charge in [-0.1, -0.05) is 0 Å². The molecule has 7 heteroatoms. The molecule has 0 unspecified atom stereocenters. The van der Waals surface area contributed by atoms with Crippen molar-refractivity contribution in [1.82, 2.24) is 4.90 Å². The minimum Gasteiger partial charge on any atom is -0.444 e. The van der Waals surface area contributed by atoms with E-state index in [1.807, 2.05) is 20.8 Å². The normalized spacial score (nSPS) is 22.3. The van der Waals surface area contributed by atoms with Crippen LogP contribution >= 0.6 is 0 Å². The first-order valence-electron chi connectivity index (χ1n) is 5.75. The van der Waals surface area contributed by atoms with Crippen LogP contribution in [0.25, 0.3) is 5.53 Å². The van der Waals surface area contributed by atoms with Crippen LogP contribution in [0.15, 0.2) is 10.3 Å². The Labute approximate surface area is 107 Å². The summed E-state index contributed by atoms with van der Waals surface area (Å²) in [6.07, 6.45) is 0.115. The Hall–Kier alpha value is -1.50. The van der Waals surface area contributed by atoms with Crippen LogP contribution in [0.1, 0.15) is 27.2 Å². The number of hydrogen-bond donors (Lipinski definition) is 0. The molecule has 1 saturated heterocycles. The fraction of sp³-hybridized carbons (Fsp3) is 0.818. The molecule has 1 atom stereocenters. The van der Waals surface area contributed by atoms with E-state index in [-0.39, 0.29) is 6.04 Å². The average Bonchev–Trinajstić information content (AvgIpc) is 2.60. The van der Waals surface area contributed by atoms with Crippen molar-refractivity contribution in [3.05, 3.63) is 5.53 Å². The van der Waals surface area contributed by atoms with E-state index in [0.29, 0.717) is 25.3 Å². The fourth-order valence-corrected chi connectivity index (χ4v) is 1.78. The molecule has 0 N–H and O–H groups in total. The second-order valence-electron chi connectivity index (χ2n) is 5.18. The number of hydrogen-bond acceptors (Lipinski definition) is 4. The summed E-state index contributed by atoms with van der Waals surface area (Å²) in [6.45, 7) is 6.12. The molecule has 1 amide bonds. The van der Waals surface area contributed by atoms with Gasteiger partial charge in [0.2, 0.25) is 0 Å². The van der Waals surface area contributed by atoms with Crippen LogP contribution in [-0.4, -0.2) is 48.6 Å². The van der Waals surface area contributed by atoms with E-state index >= 15 is 0 Å². The van der Waals surface area contributed by atoms with Gasteiger partial charge in [0.25, 0.3) is 0 Å². The highest BCUT2D eigenvalue weighted by Gasteiger charge is 2.33. The smallest absolute Gasteiger partial charge is 0.410 e. The van der Waals surface area contributed by atoms with E-state index < -0.39 is 11.7 Å². The molecule has 1 fully saturated rings. The molecule has 0 aliphatic carbocycles. The maximum absolute atomic E-state index is 12.0. The van der Waals surface area contributed by atoms with Gasteiger partial charge in [-0.05, 0) is 32.9 Å². The highest BCUT2D eigenvalue weighted by atomic mass is 16.6. The number of likely N-dealkylation sites (tertiary alicyclic amines) is 1. The Morgan fingerprint density at radius 2 is 2.22 bits per heavy atom. The van der Waals surface area contributed by atoms with Crippen LogP contribution in [0.2, 0.25) is 0 Å². The molecule has 0 saturated carbocycles. The first-order valence-corrected chi connectivity index (χ1v) is 5.75. The van der Waals surface area contributed by atoms with Crippen LogP contribution in [0.3, 0.4) is 0 Å². The number of carbonyl (C=O) groups excluding carboxylic acids is 1. The lowest BCUT2D eigenvalue weighted by Crippen LogP contribution is -2.41. The van der Waals surface area contributed by atoms with Crippen molar-refractivity contribution in [2.45, 2.75) is 38.8 Å². The number of amides is 1. The molecule has 1 aliphatic rings. The molecule has 1 rings (SSSR count). The standard InChI is InChI=1S/C11H19N4O3/c1-11(2,3)18-10(16)15-6-8(13-14-12)5-9(15)7-17-4/h9H,5-7H2,1-4H3/q-1/b13-8+/t9-/m0/s1. The van der Waals surface area contributed by atoms with E-state index in [2.05, 4.69) is 10.3 Å². The SMILES string of the molecule is COC[C@@H]1C/C(=N\N=[N-])CN1C(=O)OC(C)(C)C. The zero-order valence-corrected chi connectivity index (χ0v) is 11.2. The van der Waals surface area contributed by atoms with Crippen molar-refractivity contribution < 1.29 is 14.3 Å².